The maximum absolute atomic E-state index is 13.1. The third-order valence-corrected chi connectivity index (χ3v) is 6.51. The van der Waals surface area contributed by atoms with Crippen molar-refractivity contribution in [3.8, 4) is 0 Å². The third-order valence-electron chi connectivity index (χ3n) is 4.70. The molecule has 0 saturated heterocycles. The van der Waals surface area contributed by atoms with Crippen LogP contribution in [0.2, 0.25) is 0 Å². The van der Waals surface area contributed by atoms with Gasteiger partial charge in [0.15, 0.2) is 0 Å². The highest BCUT2D eigenvalue weighted by Crippen LogP contribution is 2.23. The first-order valence-electron chi connectivity index (χ1n) is 8.76. The monoisotopic (exact) mass is 407 g/mol. The molecule has 7 nitrogen and oxygen atoms in total. The van der Waals surface area contributed by atoms with Gasteiger partial charge in [0.1, 0.15) is 5.82 Å². The number of hydrogen-bond donors (Lipinski definition) is 1. The standard InChI is InChI=1S/C19H22FN3O4S/c1-4-22-16-10-9-15(28(26,27)21(2)3)11-17(16)23(19(22)25)12-18(24)13-5-7-14(20)8-6-13/h5-11,18,24H,4,12H2,1-3H3/t18-/m1/s1. The molecule has 0 amide bonds. The lowest BCUT2D eigenvalue weighted by molar-refractivity contribution is 0.156. The molecule has 0 aliphatic rings. The minimum absolute atomic E-state index is 0.0586. The van der Waals surface area contributed by atoms with Crippen molar-refractivity contribution in [2.45, 2.75) is 31.0 Å². The Morgan fingerprint density at radius 2 is 1.71 bits per heavy atom. The zero-order chi connectivity index (χ0) is 20.6. The molecule has 28 heavy (non-hydrogen) atoms. The predicted octanol–water partition coefficient (Wildman–Crippen LogP) is 1.95. The van der Waals surface area contributed by atoms with Gasteiger partial charge in [-0.15, -0.1) is 0 Å². The van der Waals surface area contributed by atoms with E-state index in [4.69, 9.17) is 0 Å². The summed E-state index contributed by atoms with van der Waals surface area (Å²) in [5, 5.41) is 10.5. The van der Waals surface area contributed by atoms with Crippen molar-refractivity contribution in [1.82, 2.24) is 13.4 Å². The lowest BCUT2D eigenvalue weighted by Gasteiger charge is -2.13. The zero-order valence-electron chi connectivity index (χ0n) is 15.8. The van der Waals surface area contributed by atoms with E-state index < -0.39 is 21.9 Å². The first kappa shape index (κ1) is 20.2. The van der Waals surface area contributed by atoms with Gasteiger partial charge in [0.2, 0.25) is 10.0 Å². The van der Waals surface area contributed by atoms with Crippen LogP contribution in [0.5, 0.6) is 0 Å². The maximum atomic E-state index is 13.1. The Bertz CT molecular complexity index is 1160. The minimum Gasteiger partial charge on any atom is -0.387 e. The largest absolute Gasteiger partial charge is 0.387 e. The summed E-state index contributed by atoms with van der Waals surface area (Å²) >= 11 is 0. The lowest BCUT2D eigenvalue weighted by Crippen LogP contribution is -2.26. The number of sulfonamides is 1. The summed E-state index contributed by atoms with van der Waals surface area (Å²) in [5.74, 6) is -0.422. The fourth-order valence-corrected chi connectivity index (χ4v) is 4.04. The first-order valence-corrected chi connectivity index (χ1v) is 10.2. The van der Waals surface area contributed by atoms with E-state index in [0.717, 1.165) is 4.31 Å². The Morgan fingerprint density at radius 3 is 2.29 bits per heavy atom. The van der Waals surface area contributed by atoms with E-state index in [2.05, 4.69) is 0 Å². The van der Waals surface area contributed by atoms with Crippen LogP contribution >= 0.6 is 0 Å². The highest BCUT2D eigenvalue weighted by Gasteiger charge is 2.22. The Hall–Kier alpha value is -2.49. The molecule has 3 aromatic rings. The number of imidazole rings is 1. The Kier molecular flexibility index (Phi) is 5.42. The number of fused-ring (bicyclic) bond motifs is 1. The Balaban J connectivity index is 2.13. The first-order chi connectivity index (χ1) is 13.2. The number of nitrogens with zero attached hydrogens (tertiary/aromatic N) is 3. The number of hydrogen-bond acceptors (Lipinski definition) is 4. The molecule has 0 radical (unpaired) electrons. The number of benzene rings is 2. The van der Waals surface area contributed by atoms with Gasteiger partial charge in [0, 0.05) is 20.6 Å². The molecule has 0 unspecified atom stereocenters. The van der Waals surface area contributed by atoms with E-state index in [1.807, 2.05) is 6.92 Å². The number of rotatable bonds is 6. The van der Waals surface area contributed by atoms with Gasteiger partial charge in [0.25, 0.3) is 0 Å². The van der Waals surface area contributed by atoms with Crippen molar-refractivity contribution >= 4 is 21.1 Å². The molecule has 0 bridgehead atoms. The maximum Gasteiger partial charge on any atom is 0.329 e. The van der Waals surface area contributed by atoms with Crippen LogP contribution in [-0.4, -0.2) is 41.1 Å². The summed E-state index contributed by atoms with van der Waals surface area (Å²) in [6, 6.07) is 9.87. The van der Waals surface area contributed by atoms with Crippen LogP contribution in [0.15, 0.2) is 52.2 Å². The summed E-state index contributed by atoms with van der Waals surface area (Å²) in [5.41, 5.74) is 1.10. The molecule has 9 heteroatoms. The van der Waals surface area contributed by atoms with Gasteiger partial charge in [-0.1, -0.05) is 12.1 Å². The van der Waals surface area contributed by atoms with Gasteiger partial charge in [0.05, 0.1) is 28.6 Å². The van der Waals surface area contributed by atoms with E-state index in [0.29, 0.717) is 23.1 Å². The molecule has 1 aromatic heterocycles. The van der Waals surface area contributed by atoms with Gasteiger partial charge in [-0.25, -0.2) is 21.9 Å². The van der Waals surface area contributed by atoms with Crippen LogP contribution in [0, 0.1) is 5.82 Å². The molecule has 0 aliphatic carbocycles. The van der Waals surface area contributed by atoms with Crippen molar-refractivity contribution in [2.75, 3.05) is 14.1 Å². The molecule has 1 atom stereocenters. The summed E-state index contributed by atoms with van der Waals surface area (Å²) in [4.78, 5) is 12.9. The van der Waals surface area contributed by atoms with Crippen molar-refractivity contribution < 1.29 is 17.9 Å². The quantitative estimate of drug-likeness (QED) is 0.677. The molecule has 0 fully saturated rings. The Labute approximate surface area is 162 Å². The predicted molar refractivity (Wildman–Crippen MR) is 104 cm³/mol. The van der Waals surface area contributed by atoms with E-state index in [-0.39, 0.29) is 17.1 Å². The topological polar surface area (TPSA) is 84.5 Å². The smallest absolute Gasteiger partial charge is 0.329 e. The molecule has 2 aromatic carbocycles. The molecule has 3 rings (SSSR count). The Morgan fingerprint density at radius 1 is 1.07 bits per heavy atom. The second kappa shape index (κ2) is 7.50. The summed E-state index contributed by atoms with van der Waals surface area (Å²) in [7, 11) is -0.811. The van der Waals surface area contributed by atoms with Gasteiger partial charge >= 0.3 is 5.69 Å². The van der Waals surface area contributed by atoms with E-state index in [9.17, 15) is 22.7 Å². The zero-order valence-corrected chi connectivity index (χ0v) is 16.6. The second-order valence-electron chi connectivity index (χ2n) is 6.64. The SMILES string of the molecule is CCn1c(=O)n(C[C@@H](O)c2ccc(F)cc2)c2cc(S(=O)(=O)N(C)C)ccc21. The number of aliphatic hydroxyl groups excluding tert-OH is 1. The second-order valence-corrected chi connectivity index (χ2v) is 8.79. The van der Waals surface area contributed by atoms with Crippen molar-refractivity contribution in [1.29, 1.82) is 0 Å². The molecule has 0 saturated carbocycles. The number of aryl methyl sites for hydroxylation is 1. The molecular formula is C19H22FN3O4S. The van der Waals surface area contributed by atoms with E-state index in [1.54, 1.807) is 6.07 Å². The number of aliphatic hydroxyl groups is 1. The van der Waals surface area contributed by atoms with Gasteiger partial charge in [-0.2, -0.15) is 0 Å². The molecule has 1 heterocycles. The van der Waals surface area contributed by atoms with Gasteiger partial charge in [-0.05, 0) is 42.8 Å². The molecule has 0 spiro atoms. The van der Waals surface area contributed by atoms with Crippen LogP contribution in [0.1, 0.15) is 18.6 Å². The highest BCUT2D eigenvalue weighted by atomic mass is 32.2. The summed E-state index contributed by atoms with van der Waals surface area (Å²) in [6.07, 6.45) is -1.05. The number of halogens is 1. The van der Waals surface area contributed by atoms with Crippen molar-refractivity contribution in [2.24, 2.45) is 0 Å². The fourth-order valence-electron chi connectivity index (χ4n) is 3.12. The average Bonchev–Trinajstić information content (AvgIpc) is 2.92. The molecular weight excluding hydrogens is 385 g/mol. The summed E-state index contributed by atoms with van der Waals surface area (Å²) in [6.45, 7) is 2.13. The van der Waals surface area contributed by atoms with E-state index >= 15 is 0 Å². The van der Waals surface area contributed by atoms with Crippen molar-refractivity contribution in [3.63, 3.8) is 0 Å². The average molecular weight is 407 g/mol. The van der Waals surface area contributed by atoms with Gasteiger partial charge < -0.3 is 5.11 Å². The van der Waals surface area contributed by atoms with E-state index in [1.165, 1.54) is 59.6 Å². The molecule has 1 N–H and O–H groups in total. The van der Waals surface area contributed by atoms with Gasteiger partial charge in [-0.3, -0.25) is 9.13 Å². The van der Waals surface area contributed by atoms with Crippen LogP contribution < -0.4 is 5.69 Å². The summed E-state index contributed by atoms with van der Waals surface area (Å²) < 4.78 is 42.0. The third kappa shape index (κ3) is 3.48. The van der Waals surface area contributed by atoms with Crippen molar-refractivity contribution in [3.05, 3.63) is 64.3 Å². The molecule has 0 aliphatic heterocycles. The van der Waals surface area contributed by atoms with Crippen LogP contribution in [0.3, 0.4) is 0 Å². The minimum atomic E-state index is -3.68. The van der Waals surface area contributed by atoms with Crippen LogP contribution in [0.25, 0.3) is 11.0 Å². The van der Waals surface area contributed by atoms with Crippen LogP contribution in [0.4, 0.5) is 4.39 Å². The van der Waals surface area contributed by atoms with Crippen LogP contribution in [-0.2, 0) is 23.1 Å². The normalized spacial score (nSPS) is 13.4. The number of aromatic nitrogens is 2. The lowest BCUT2D eigenvalue weighted by atomic mass is 10.1. The molecule has 150 valence electrons. The fraction of sp³-hybridized carbons (Fsp3) is 0.316. The highest BCUT2D eigenvalue weighted by molar-refractivity contribution is 7.89.